The molecule has 2 rings (SSSR count). The normalized spacial score (nSPS) is 22.3. The summed E-state index contributed by atoms with van der Waals surface area (Å²) in [5.74, 6) is 0. The van der Waals surface area contributed by atoms with E-state index in [1.54, 1.807) is 11.3 Å². The van der Waals surface area contributed by atoms with E-state index in [0.717, 1.165) is 13.1 Å². The zero-order chi connectivity index (χ0) is 9.80. The summed E-state index contributed by atoms with van der Waals surface area (Å²) >= 11 is 1.74. The minimum atomic E-state index is 0. The van der Waals surface area contributed by atoms with E-state index in [9.17, 15) is 0 Å². The topological polar surface area (TPSA) is 42.1 Å². The Labute approximate surface area is 101 Å². The summed E-state index contributed by atoms with van der Waals surface area (Å²) in [6.45, 7) is 3.02. The first-order valence-corrected chi connectivity index (χ1v) is 6.09. The van der Waals surface area contributed by atoms with Crippen molar-refractivity contribution in [2.75, 3.05) is 13.1 Å². The monoisotopic (exact) mass is 247 g/mol. The minimum absolute atomic E-state index is 0. The van der Waals surface area contributed by atoms with Crippen molar-refractivity contribution in [3.63, 3.8) is 0 Å². The Balaban J connectivity index is 0.00000112. The van der Waals surface area contributed by atoms with E-state index in [2.05, 4.69) is 9.88 Å². The number of aromatic nitrogens is 1. The molecule has 2 N–H and O–H groups in total. The van der Waals surface area contributed by atoms with E-state index in [4.69, 9.17) is 5.73 Å². The first kappa shape index (κ1) is 12.9. The molecule has 1 fully saturated rings. The Morgan fingerprint density at radius 2 is 2.40 bits per heavy atom. The molecule has 0 bridgehead atoms. The van der Waals surface area contributed by atoms with Crippen LogP contribution >= 0.6 is 23.7 Å². The molecule has 1 aromatic rings. The third-order valence-corrected chi connectivity index (χ3v) is 3.63. The van der Waals surface area contributed by atoms with E-state index in [0.29, 0.717) is 6.04 Å². The lowest BCUT2D eigenvalue weighted by molar-refractivity contribution is 0.146. The van der Waals surface area contributed by atoms with E-state index < -0.39 is 0 Å². The van der Waals surface area contributed by atoms with Crippen molar-refractivity contribution < 1.29 is 0 Å². The van der Waals surface area contributed by atoms with Gasteiger partial charge in [-0.05, 0) is 19.4 Å². The van der Waals surface area contributed by atoms with Gasteiger partial charge in [-0.1, -0.05) is 6.42 Å². The number of nitrogens with two attached hydrogens (primary N) is 1. The van der Waals surface area contributed by atoms with Crippen LogP contribution < -0.4 is 5.73 Å². The van der Waals surface area contributed by atoms with Crippen LogP contribution in [-0.2, 0) is 6.54 Å². The van der Waals surface area contributed by atoms with Crippen molar-refractivity contribution >= 4 is 23.7 Å². The van der Waals surface area contributed by atoms with Gasteiger partial charge in [-0.15, -0.1) is 23.7 Å². The standard InChI is InChI=1S/C10H17N3S.ClH/c11-5-9-3-1-2-4-13(9)7-10-6-12-8-14-10;/h6,8-9H,1-5,7,11H2;1H. The first-order chi connectivity index (χ1) is 6.90. The second-order valence-corrected chi connectivity index (χ2v) is 4.79. The van der Waals surface area contributed by atoms with Crippen LogP contribution in [-0.4, -0.2) is 29.0 Å². The van der Waals surface area contributed by atoms with Gasteiger partial charge in [-0.25, -0.2) is 0 Å². The Bertz CT molecular complexity index is 266. The highest BCUT2D eigenvalue weighted by molar-refractivity contribution is 7.09. The maximum Gasteiger partial charge on any atom is 0.0794 e. The SMILES string of the molecule is Cl.NCC1CCCCN1Cc1cncs1. The Morgan fingerprint density at radius 1 is 1.53 bits per heavy atom. The molecule has 15 heavy (non-hydrogen) atoms. The largest absolute Gasteiger partial charge is 0.329 e. The zero-order valence-electron chi connectivity index (χ0n) is 8.76. The molecule has 86 valence electrons. The van der Waals surface area contributed by atoms with Crippen LogP contribution in [0, 0.1) is 0 Å². The number of piperidine rings is 1. The Hall–Kier alpha value is -0.160. The second-order valence-electron chi connectivity index (χ2n) is 3.82. The van der Waals surface area contributed by atoms with Gasteiger partial charge in [0.1, 0.15) is 0 Å². The molecule has 5 heteroatoms. The van der Waals surface area contributed by atoms with Crippen molar-refractivity contribution in [2.24, 2.45) is 5.73 Å². The number of hydrogen-bond acceptors (Lipinski definition) is 4. The molecule has 0 aliphatic carbocycles. The lowest BCUT2D eigenvalue weighted by atomic mass is 10.0. The van der Waals surface area contributed by atoms with Gasteiger partial charge in [0.15, 0.2) is 0 Å². The van der Waals surface area contributed by atoms with Gasteiger partial charge < -0.3 is 5.73 Å². The Morgan fingerprint density at radius 3 is 3.07 bits per heavy atom. The third kappa shape index (κ3) is 3.41. The van der Waals surface area contributed by atoms with Crippen LogP contribution in [0.15, 0.2) is 11.7 Å². The van der Waals surface area contributed by atoms with Gasteiger partial charge in [0.25, 0.3) is 0 Å². The molecule has 0 radical (unpaired) electrons. The smallest absolute Gasteiger partial charge is 0.0794 e. The molecular formula is C10H18ClN3S. The van der Waals surface area contributed by atoms with Crippen LogP contribution in [0.3, 0.4) is 0 Å². The van der Waals surface area contributed by atoms with Gasteiger partial charge in [0.05, 0.1) is 5.51 Å². The lowest BCUT2D eigenvalue weighted by Gasteiger charge is -2.34. The van der Waals surface area contributed by atoms with Gasteiger partial charge in [-0.3, -0.25) is 9.88 Å². The van der Waals surface area contributed by atoms with Gasteiger partial charge in [0, 0.05) is 30.2 Å². The van der Waals surface area contributed by atoms with E-state index >= 15 is 0 Å². The van der Waals surface area contributed by atoms with Crippen LogP contribution in [0.25, 0.3) is 0 Å². The number of nitrogens with zero attached hydrogens (tertiary/aromatic N) is 2. The lowest BCUT2D eigenvalue weighted by Crippen LogP contribution is -2.43. The molecule has 0 amide bonds. The summed E-state index contributed by atoms with van der Waals surface area (Å²) in [6.07, 6.45) is 5.87. The molecule has 1 atom stereocenters. The average Bonchev–Trinajstić information content (AvgIpc) is 2.71. The predicted molar refractivity (Wildman–Crippen MR) is 66.5 cm³/mol. The van der Waals surface area contributed by atoms with Crippen molar-refractivity contribution in [1.29, 1.82) is 0 Å². The average molecular weight is 248 g/mol. The molecule has 2 heterocycles. The molecule has 0 aromatic carbocycles. The fourth-order valence-corrected chi connectivity index (χ4v) is 2.67. The van der Waals surface area contributed by atoms with Crippen LogP contribution in [0.2, 0.25) is 0 Å². The Kier molecular flexibility index (Phi) is 5.53. The maximum absolute atomic E-state index is 5.77. The number of rotatable bonds is 3. The predicted octanol–water partition coefficient (Wildman–Crippen LogP) is 1.88. The molecular weight excluding hydrogens is 230 g/mol. The molecule has 1 aliphatic heterocycles. The third-order valence-electron chi connectivity index (χ3n) is 2.86. The van der Waals surface area contributed by atoms with E-state index in [1.165, 1.54) is 30.7 Å². The summed E-state index contributed by atoms with van der Waals surface area (Å²) in [7, 11) is 0. The highest BCUT2D eigenvalue weighted by Gasteiger charge is 2.21. The molecule has 1 saturated heterocycles. The van der Waals surface area contributed by atoms with Crippen molar-refractivity contribution in [3.05, 3.63) is 16.6 Å². The number of thiazole rings is 1. The van der Waals surface area contributed by atoms with Crippen molar-refractivity contribution in [1.82, 2.24) is 9.88 Å². The van der Waals surface area contributed by atoms with E-state index in [-0.39, 0.29) is 12.4 Å². The summed E-state index contributed by atoms with van der Waals surface area (Å²) < 4.78 is 0. The first-order valence-electron chi connectivity index (χ1n) is 5.21. The summed E-state index contributed by atoms with van der Waals surface area (Å²) in [4.78, 5) is 7.95. The second kappa shape index (κ2) is 6.43. The fourth-order valence-electron chi connectivity index (χ4n) is 2.06. The molecule has 3 nitrogen and oxygen atoms in total. The van der Waals surface area contributed by atoms with Crippen molar-refractivity contribution in [2.45, 2.75) is 31.8 Å². The molecule has 1 unspecified atom stereocenters. The maximum atomic E-state index is 5.77. The summed E-state index contributed by atoms with van der Waals surface area (Å²) in [5, 5.41) is 0. The van der Waals surface area contributed by atoms with Gasteiger partial charge >= 0.3 is 0 Å². The highest BCUT2D eigenvalue weighted by atomic mass is 35.5. The molecule has 1 aliphatic rings. The van der Waals surface area contributed by atoms with Crippen LogP contribution in [0.5, 0.6) is 0 Å². The number of halogens is 1. The van der Waals surface area contributed by atoms with Gasteiger partial charge in [-0.2, -0.15) is 0 Å². The number of likely N-dealkylation sites (tertiary alicyclic amines) is 1. The van der Waals surface area contributed by atoms with Crippen molar-refractivity contribution in [3.8, 4) is 0 Å². The van der Waals surface area contributed by atoms with E-state index in [1.807, 2.05) is 11.7 Å². The highest BCUT2D eigenvalue weighted by Crippen LogP contribution is 2.19. The molecule has 1 aromatic heterocycles. The number of hydrogen-bond donors (Lipinski definition) is 1. The van der Waals surface area contributed by atoms with Crippen LogP contribution in [0.1, 0.15) is 24.1 Å². The molecule has 0 saturated carbocycles. The molecule has 0 spiro atoms. The van der Waals surface area contributed by atoms with Crippen LogP contribution in [0.4, 0.5) is 0 Å². The summed E-state index contributed by atoms with van der Waals surface area (Å²) in [6, 6.07) is 0.589. The van der Waals surface area contributed by atoms with Gasteiger partial charge in [0.2, 0.25) is 0 Å². The zero-order valence-corrected chi connectivity index (χ0v) is 10.4. The summed E-state index contributed by atoms with van der Waals surface area (Å²) in [5.41, 5.74) is 7.67. The fraction of sp³-hybridized carbons (Fsp3) is 0.700. The quantitative estimate of drug-likeness (QED) is 0.887. The minimum Gasteiger partial charge on any atom is -0.329 e.